The van der Waals surface area contributed by atoms with Crippen LogP contribution in [0.2, 0.25) is 0 Å². The van der Waals surface area contributed by atoms with Crippen molar-refractivity contribution in [2.75, 3.05) is 26.3 Å². The van der Waals surface area contributed by atoms with Crippen LogP contribution in [0, 0.1) is 11.6 Å². The lowest BCUT2D eigenvalue weighted by atomic mass is 9.97. The molecule has 1 heterocycles. The SMILES string of the molecule is NC(=O)C[C@]1(COc2ccc(F)cc2)CN(C(=O)c2cccc(F)c2)CCO1. The highest BCUT2D eigenvalue weighted by Gasteiger charge is 2.41. The Morgan fingerprint density at radius 2 is 1.89 bits per heavy atom. The van der Waals surface area contributed by atoms with E-state index in [9.17, 15) is 18.4 Å². The van der Waals surface area contributed by atoms with E-state index in [-0.39, 0.29) is 44.2 Å². The van der Waals surface area contributed by atoms with Gasteiger partial charge in [0.2, 0.25) is 5.91 Å². The number of hydrogen-bond donors (Lipinski definition) is 1. The second-order valence-electron chi connectivity index (χ2n) is 6.65. The number of nitrogens with two attached hydrogens (primary N) is 1. The topological polar surface area (TPSA) is 81.9 Å². The molecule has 1 fully saturated rings. The standard InChI is InChI=1S/C20H20F2N2O4/c21-15-4-6-17(7-5-15)27-13-20(11-18(23)25)12-24(8-9-28-20)19(26)14-2-1-3-16(22)10-14/h1-7,10H,8-9,11-13H2,(H2,23,25)/t20-/m1/s1. The Kier molecular flexibility index (Phi) is 5.89. The Labute approximate surface area is 160 Å². The summed E-state index contributed by atoms with van der Waals surface area (Å²) in [6, 6.07) is 10.8. The minimum Gasteiger partial charge on any atom is -0.490 e. The minimum absolute atomic E-state index is 0.0481. The van der Waals surface area contributed by atoms with Crippen molar-refractivity contribution < 1.29 is 27.8 Å². The van der Waals surface area contributed by atoms with Gasteiger partial charge in [-0.15, -0.1) is 0 Å². The fourth-order valence-corrected chi connectivity index (χ4v) is 3.13. The molecule has 2 aromatic rings. The first-order valence-corrected chi connectivity index (χ1v) is 8.72. The molecule has 2 N–H and O–H groups in total. The Bertz CT molecular complexity index is 860. The predicted molar refractivity (Wildman–Crippen MR) is 96.7 cm³/mol. The number of hydrogen-bond acceptors (Lipinski definition) is 4. The molecule has 6 nitrogen and oxygen atoms in total. The molecule has 0 spiro atoms. The zero-order valence-corrected chi connectivity index (χ0v) is 15.1. The predicted octanol–water partition coefficient (Wildman–Crippen LogP) is 2.13. The highest BCUT2D eigenvalue weighted by Crippen LogP contribution is 2.25. The first-order chi connectivity index (χ1) is 13.4. The average Bonchev–Trinajstić information content (AvgIpc) is 2.67. The van der Waals surface area contributed by atoms with Gasteiger partial charge in [-0.2, -0.15) is 0 Å². The van der Waals surface area contributed by atoms with Gasteiger partial charge in [0, 0.05) is 12.1 Å². The lowest BCUT2D eigenvalue weighted by Crippen LogP contribution is -2.58. The summed E-state index contributed by atoms with van der Waals surface area (Å²) in [7, 11) is 0. The average molecular weight is 390 g/mol. The van der Waals surface area contributed by atoms with Crippen LogP contribution in [-0.4, -0.2) is 48.6 Å². The molecule has 1 aliphatic rings. The summed E-state index contributed by atoms with van der Waals surface area (Å²) >= 11 is 0. The number of amides is 2. The largest absolute Gasteiger partial charge is 0.490 e. The summed E-state index contributed by atoms with van der Waals surface area (Å²) in [4.78, 5) is 25.8. The molecule has 2 amide bonds. The number of halogens is 2. The summed E-state index contributed by atoms with van der Waals surface area (Å²) in [6.45, 7) is 0.439. The molecule has 1 atom stereocenters. The monoisotopic (exact) mass is 390 g/mol. The van der Waals surface area contributed by atoms with E-state index in [4.69, 9.17) is 15.2 Å². The van der Waals surface area contributed by atoms with Crippen LogP contribution in [0.4, 0.5) is 8.78 Å². The lowest BCUT2D eigenvalue weighted by Gasteiger charge is -2.42. The molecule has 3 rings (SSSR count). The van der Waals surface area contributed by atoms with E-state index in [1.807, 2.05) is 0 Å². The summed E-state index contributed by atoms with van der Waals surface area (Å²) in [6.07, 6.45) is -0.166. The summed E-state index contributed by atoms with van der Waals surface area (Å²) in [5, 5.41) is 0. The van der Waals surface area contributed by atoms with Gasteiger partial charge in [-0.1, -0.05) is 6.07 Å². The maximum atomic E-state index is 13.5. The van der Waals surface area contributed by atoms with Gasteiger partial charge in [0.15, 0.2) is 0 Å². The molecule has 0 radical (unpaired) electrons. The van der Waals surface area contributed by atoms with Crippen LogP contribution >= 0.6 is 0 Å². The van der Waals surface area contributed by atoms with E-state index < -0.39 is 23.1 Å². The van der Waals surface area contributed by atoms with Gasteiger partial charge in [-0.3, -0.25) is 9.59 Å². The third-order valence-electron chi connectivity index (χ3n) is 4.42. The summed E-state index contributed by atoms with van der Waals surface area (Å²) in [5.41, 5.74) is 4.42. The number of nitrogens with zero attached hydrogens (tertiary/aromatic N) is 1. The minimum atomic E-state index is -1.15. The molecular formula is C20H20F2N2O4. The van der Waals surface area contributed by atoms with Gasteiger partial charge in [0.25, 0.3) is 5.91 Å². The highest BCUT2D eigenvalue weighted by atomic mass is 19.1. The Morgan fingerprint density at radius 1 is 1.14 bits per heavy atom. The van der Waals surface area contributed by atoms with Crippen LogP contribution in [0.1, 0.15) is 16.8 Å². The smallest absolute Gasteiger partial charge is 0.254 e. The highest BCUT2D eigenvalue weighted by molar-refractivity contribution is 5.94. The van der Waals surface area contributed by atoms with Crippen molar-refractivity contribution in [3.05, 3.63) is 65.7 Å². The summed E-state index contributed by atoms with van der Waals surface area (Å²) < 4.78 is 38.0. The molecule has 1 aliphatic heterocycles. The third kappa shape index (κ3) is 4.83. The zero-order chi connectivity index (χ0) is 20.1. The number of carbonyl (C=O) groups excluding carboxylic acids is 2. The Morgan fingerprint density at radius 3 is 2.57 bits per heavy atom. The van der Waals surface area contributed by atoms with Crippen LogP contribution < -0.4 is 10.5 Å². The fourth-order valence-electron chi connectivity index (χ4n) is 3.13. The number of benzene rings is 2. The van der Waals surface area contributed by atoms with Gasteiger partial charge in [-0.25, -0.2) is 8.78 Å². The van der Waals surface area contributed by atoms with E-state index in [2.05, 4.69) is 0 Å². The van der Waals surface area contributed by atoms with Gasteiger partial charge >= 0.3 is 0 Å². The molecule has 2 aromatic carbocycles. The van der Waals surface area contributed by atoms with Crippen LogP contribution in [0.25, 0.3) is 0 Å². The number of carbonyl (C=O) groups is 2. The molecule has 28 heavy (non-hydrogen) atoms. The quantitative estimate of drug-likeness (QED) is 0.819. The van der Waals surface area contributed by atoms with E-state index >= 15 is 0 Å². The summed E-state index contributed by atoms with van der Waals surface area (Å²) in [5.74, 6) is -1.51. The van der Waals surface area contributed by atoms with Crippen LogP contribution in [0.5, 0.6) is 5.75 Å². The normalized spacial score (nSPS) is 19.3. The molecule has 1 saturated heterocycles. The fraction of sp³-hybridized carbons (Fsp3) is 0.300. The van der Waals surface area contributed by atoms with E-state index in [1.165, 1.54) is 47.4 Å². The molecule has 8 heteroatoms. The van der Waals surface area contributed by atoms with Gasteiger partial charge in [0.05, 0.1) is 19.6 Å². The van der Waals surface area contributed by atoms with Crippen LogP contribution in [0.15, 0.2) is 48.5 Å². The molecule has 148 valence electrons. The van der Waals surface area contributed by atoms with Crippen LogP contribution in [-0.2, 0) is 9.53 Å². The van der Waals surface area contributed by atoms with E-state index in [0.717, 1.165) is 6.07 Å². The van der Waals surface area contributed by atoms with Crippen molar-refractivity contribution in [2.24, 2.45) is 5.73 Å². The van der Waals surface area contributed by atoms with Gasteiger partial charge in [0.1, 0.15) is 29.6 Å². The number of rotatable bonds is 6. The first kappa shape index (κ1) is 19.8. The van der Waals surface area contributed by atoms with Crippen molar-refractivity contribution in [3.63, 3.8) is 0 Å². The second kappa shape index (κ2) is 8.35. The molecule has 0 unspecified atom stereocenters. The van der Waals surface area contributed by atoms with E-state index in [1.54, 1.807) is 0 Å². The Balaban J connectivity index is 1.76. The van der Waals surface area contributed by atoms with Crippen molar-refractivity contribution in [3.8, 4) is 5.75 Å². The van der Waals surface area contributed by atoms with Crippen molar-refractivity contribution >= 4 is 11.8 Å². The molecular weight excluding hydrogens is 370 g/mol. The maximum absolute atomic E-state index is 13.5. The third-order valence-corrected chi connectivity index (χ3v) is 4.42. The van der Waals surface area contributed by atoms with Gasteiger partial charge in [-0.05, 0) is 42.5 Å². The second-order valence-corrected chi connectivity index (χ2v) is 6.65. The molecule has 0 aromatic heterocycles. The first-order valence-electron chi connectivity index (χ1n) is 8.72. The van der Waals surface area contributed by atoms with Crippen LogP contribution in [0.3, 0.4) is 0 Å². The molecule has 0 bridgehead atoms. The number of primary amides is 1. The zero-order valence-electron chi connectivity index (χ0n) is 15.1. The lowest BCUT2D eigenvalue weighted by molar-refractivity contribution is -0.142. The Hall–Kier alpha value is -3.00. The maximum Gasteiger partial charge on any atom is 0.254 e. The van der Waals surface area contributed by atoms with Crippen molar-refractivity contribution in [1.82, 2.24) is 4.90 Å². The molecule has 0 aliphatic carbocycles. The van der Waals surface area contributed by atoms with Crippen molar-refractivity contribution in [2.45, 2.75) is 12.0 Å². The van der Waals surface area contributed by atoms with E-state index in [0.29, 0.717) is 5.75 Å². The van der Waals surface area contributed by atoms with Crippen molar-refractivity contribution in [1.29, 1.82) is 0 Å². The number of ether oxygens (including phenoxy) is 2. The number of morpholine rings is 1. The molecule has 0 saturated carbocycles. The van der Waals surface area contributed by atoms with Gasteiger partial charge < -0.3 is 20.1 Å².